The van der Waals surface area contributed by atoms with Crippen molar-refractivity contribution < 1.29 is 22.4 Å². The topological polar surface area (TPSA) is 84.9 Å². The van der Waals surface area contributed by atoms with Crippen LogP contribution in [0.25, 0.3) is 0 Å². The zero-order valence-electron chi connectivity index (χ0n) is 16.0. The van der Waals surface area contributed by atoms with Crippen molar-refractivity contribution in [3.05, 3.63) is 90.0 Å². The van der Waals surface area contributed by atoms with E-state index in [0.717, 1.165) is 11.3 Å². The molecule has 0 amide bonds. The van der Waals surface area contributed by atoms with E-state index in [1.54, 1.807) is 37.4 Å². The largest absolute Gasteiger partial charge is 0.497 e. The smallest absolute Gasteiger partial charge is 0.339 e. The van der Waals surface area contributed by atoms with Crippen LogP contribution in [-0.4, -0.2) is 27.2 Å². The highest BCUT2D eigenvalue weighted by atomic mass is 32.2. The maximum absolute atomic E-state index is 12.2. The number of methoxy groups -OCH3 is 1. The first kappa shape index (κ1) is 20.9. The fourth-order valence-electron chi connectivity index (χ4n) is 2.72. The van der Waals surface area contributed by atoms with Crippen LogP contribution in [0.2, 0.25) is 0 Å². The normalized spacial score (nSPS) is 12.3. The second-order valence-electron chi connectivity index (χ2n) is 6.41. The number of aliphatic hydroxyl groups is 1. The summed E-state index contributed by atoms with van der Waals surface area (Å²) in [5, 5.41) is 13.5. The molecule has 2 N–H and O–H groups in total. The van der Waals surface area contributed by atoms with Crippen molar-refractivity contribution >= 4 is 10.1 Å². The zero-order valence-corrected chi connectivity index (χ0v) is 16.8. The first-order valence-corrected chi connectivity index (χ1v) is 10.5. The van der Waals surface area contributed by atoms with Crippen molar-refractivity contribution in [3.63, 3.8) is 0 Å². The van der Waals surface area contributed by atoms with E-state index in [1.807, 2.05) is 24.3 Å². The molecule has 0 heterocycles. The molecule has 0 saturated heterocycles. The minimum atomic E-state index is -3.88. The predicted octanol–water partition coefficient (Wildman–Crippen LogP) is 3.29. The highest BCUT2D eigenvalue weighted by molar-refractivity contribution is 7.87. The van der Waals surface area contributed by atoms with Crippen molar-refractivity contribution in [2.75, 3.05) is 13.7 Å². The van der Waals surface area contributed by atoms with Crippen molar-refractivity contribution in [1.82, 2.24) is 5.32 Å². The van der Waals surface area contributed by atoms with Crippen LogP contribution in [0, 0.1) is 0 Å². The number of aliphatic hydroxyl groups excluding tert-OH is 1. The second-order valence-corrected chi connectivity index (χ2v) is 7.96. The molecule has 3 rings (SSSR count). The molecule has 0 unspecified atom stereocenters. The van der Waals surface area contributed by atoms with E-state index in [9.17, 15) is 13.5 Å². The SMILES string of the molecule is COc1ccc(CNC[C@H](O)c2ccc(OS(=O)(=O)c3ccccc3)cc2)cc1. The molecule has 0 spiro atoms. The van der Waals surface area contributed by atoms with Crippen LogP contribution < -0.4 is 14.2 Å². The van der Waals surface area contributed by atoms with Crippen LogP contribution in [-0.2, 0) is 16.7 Å². The lowest BCUT2D eigenvalue weighted by molar-refractivity contribution is 0.174. The molecule has 0 bridgehead atoms. The van der Waals surface area contributed by atoms with Gasteiger partial charge in [-0.3, -0.25) is 0 Å². The van der Waals surface area contributed by atoms with E-state index in [2.05, 4.69) is 5.32 Å². The van der Waals surface area contributed by atoms with Gasteiger partial charge in [0.2, 0.25) is 0 Å². The molecule has 152 valence electrons. The third-order valence-electron chi connectivity index (χ3n) is 4.33. The van der Waals surface area contributed by atoms with Crippen LogP contribution in [0.15, 0.2) is 83.8 Å². The molecule has 3 aromatic carbocycles. The molecule has 1 atom stereocenters. The Morgan fingerprint density at radius 1 is 0.897 bits per heavy atom. The van der Waals surface area contributed by atoms with Crippen LogP contribution >= 0.6 is 0 Å². The van der Waals surface area contributed by atoms with Crippen molar-refractivity contribution in [3.8, 4) is 11.5 Å². The number of ether oxygens (including phenoxy) is 1. The lowest BCUT2D eigenvalue weighted by Gasteiger charge is -2.13. The van der Waals surface area contributed by atoms with Crippen molar-refractivity contribution in [2.24, 2.45) is 0 Å². The summed E-state index contributed by atoms with van der Waals surface area (Å²) in [4.78, 5) is 0.0897. The molecule has 3 aromatic rings. The summed E-state index contributed by atoms with van der Waals surface area (Å²) in [5.74, 6) is 0.987. The van der Waals surface area contributed by atoms with Crippen molar-refractivity contribution in [2.45, 2.75) is 17.5 Å². The van der Waals surface area contributed by atoms with E-state index >= 15 is 0 Å². The molecule has 7 heteroatoms. The fourth-order valence-corrected chi connectivity index (χ4v) is 3.67. The van der Waals surface area contributed by atoms with E-state index < -0.39 is 16.2 Å². The van der Waals surface area contributed by atoms with Gasteiger partial charge in [-0.05, 0) is 47.5 Å². The molecule has 0 aliphatic heterocycles. The molecule has 0 aliphatic rings. The average molecular weight is 413 g/mol. The Hall–Kier alpha value is -2.87. The van der Waals surface area contributed by atoms with Gasteiger partial charge >= 0.3 is 10.1 Å². The lowest BCUT2D eigenvalue weighted by Crippen LogP contribution is -2.21. The first-order valence-electron chi connectivity index (χ1n) is 9.09. The Morgan fingerprint density at radius 2 is 1.52 bits per heavy atom. The monoisotopic (exact) mass is 413 g/mol. The van der Waals surface area contributed by atoms with Gasteiger partial charge in [0.1, 0.15) is 16.4 Å². The van der Waals surface area contributed by atoms with E-state index in [0.29, 0.717) is 18.7 Å². The number of hydrogen-bond acceptors (Lipinski definition) is 6. The van der Waals surface area contributed by atoms with Crippen LogP contribution in [0.5, 0.6) is 11.5 Å². The van der Waals surface area contributed by atoms with Crippen LogP contribution in [0.1, 0.15) is 17.2 Å². The summed E-state index contributed by atoms with van der Waals surface area (Å²) < 4.78 is 34.8. The van der Waals surface area contributed by atoms with Gasteiger partial charge in [-0.25, -0.2) is 0 Å². The van der Waals surface area contributed by atoms with Gasteiger partial charge in [-0.15, -0.1) is 0 Å². The van der Waals surface area contributed by atoms with Crippen LogP contribution in [0.3, 0.4) is 0 Å². The number of hydrogen-bond donors (Lipinski definition) is 2. The molecular weight excluding hydrogens is 390 g/mol. The maximum Gasteiger partial charge on any atom is 0.339 e. The van der Waals surface area contributed by atoms with Crippen LogP contribution in [0.4, 0.5) is 0 Å². The van der Waals surface area contributed by atoms with E-state index in [1.165, 1.54) is 24.3 Å². The van der Waals surface area contributed by atoms with Gasteiger partial charge in [0, 0.05) is 13.1 Å². The number of rotatable bonds is 9. The Bertz CT molecular complexity index is 1000. The Balaban J connectivity index is 1.53. The molecule has 0 radical (unpaired) electrons. The quantitative estimate of drug-likeness (QED) is 0.524. The molecule has 0 aromatic heterocycles. The molecule has 29 heavy (non-hydrogen) atoms. The molecule has 0 aliphatic carbocycles. The highest BCUT2D eigenvalue weighted by Crippen LogP contribution is 2.21. The average Bonchev–Trinajstić information content (AvgIpc) is 2.75. The fraction of sp³-hybridized carbons (Fsp3) is 0.182. The summed E-state index contributed by atoms with van der Waals surface area (Å²) in [7, 11) is -2.26. The van der Waals surface area contributed by atoms with Gasteiger partial charge in [-0.1, -0.05) is 42.5 Å². The van der Waals surface area contributed by atoms with Gasteiger partial charge in [0.25, 0.3) is 0 Å². The standard InChI is InChI=1S/C22H23NO5S/c1-27-19-11-7-17(8-12-19)15-23-16-22(24)18-9-13-20(14-10-18)28-29(25,26)21-5-3-2-4-6-21/h2-14,22-24H,15-16H2,1H3/t22-/m0/s1. The van der Waals surface area contributed by atoms with Crippen molar-refractivity contribution in [1.29, 1.82) is 0 Å². The molecule has 0 saturated carbocycles. The predicted molar refractivity (Wildman–Crippen MR) is 110 cm³/mol. The minimum absolute atomic E-state index is 0.0897. The van der Waals surface area contributed by atoms with Gasteiger partial charge < -0.3 is 19.3 Å². The third kappa shape index (κ3) is 5.80. The Labute approximate surface area is 170 Å². The number of benzene rings is 3. The summed E-state index contributed by atoms with van der Waals surface area (Å²) in [6, 6.07) is 22.0. The Morgan fingerprint density at radius 3 is 2.14 bits per heavy atom. The molecule has 6 nitrogen and oxygen atoms in total. The summed E-state index contributed by atoms with van der Waals surface area (Å²) in [5.41, 5.74) is 1.74. The lowest BCUT2D eigenvalue weighted by atomic mass is 10.1. The highest BCUT2D eigenvalue weighted by Gasteiger charge is 2.16. The summed E-state index contributed by atoms with van der Waals surface area (Å²) >= 11 is 0. The molecular formula is C22H23NO5S. The zero-order chi connectivity index (χ0) is 20.7. The second kappa shape index (κ2) is 9.56. The van der Waals surface area contributed by atoms with E-state index in [-0.39, 0.29) is 10.6 Å². The van der Waals surface area contributed by atoms with Gasteiger partial charge in [-0.2, -0.15) is 8.42 Å². The molecule has 0 fully saturated rings. The third-order valence-corrected chi connectivity index (χ3v) is 5.59. The van der Waals surface area contributed by atoms with Gasteiger partial charge in [0.15, 0.2) is 0 Å². The van der Waals surface area contributed by atoms with E-state index in [4.69, 9.17) is 8.92 Å². The first-order chi connectivity index (χ1) is 14.0. The summed E-state index contributed by atoms with van der Waals surface area (Å²) in [6.45, 7) is 0.964. The van der Waals surface area contributed by atoms with Gasteiger partial charge in [0.05, 0.1) is 13.2 Å². The number of nitrogens with one attached hydrogen (secondary N) is 1. The maximum atomic E-state index is 12.2. The Kier molecular flexibility index (Phi) is 6.87. The minimum Gasteiger partial charge on any atom is -0.497 e. The summed E-state index contributed by atoms with van der Waals surface area (Å²) in [6.07, 6.45) is -0.729.